The molecule has 4 heterocycles. The molecule has 7 nitrogen and oxygen atoms in total. The van der Waals surface area contributed by atoms with Crippen LogP contribution in [0.5, 0.6) is 0 Å². The Morgan fingerprint density at radius 2 is 1.73 bits per heavy atom. The van der Waals surface area contributed by atoms with Crippen molar-refractivity contribution >= 4 is 35.1 Å². The first-order chi connectivity index (χ1) is 18.0. The van der Waals surface area contributed by atoms with Gasteiger partial charge in [0.2, 0.25) is 0 Å². The number of nitrogens with zero attached hydrogens (tertiary/aromatic N) is 2. The number of anilines is 1. The molecule has 4 aliphatic rings. The molecule has 8 heteroatoms. The number of fused-ring (bicyclic) bond motifs is 5. The summed E-state index contributed by atoms with van der Waals surface area (Å²) in [5, 5.41) is 6.08. The fourth-order valence-corrected chi connectivity index (χ4v) is 7.63. The van der Waals surface area contributed by atoms with Gasteiger partial charge >= 0.3 is 6.03 Å². The monoisotopic (exact) mass is 512 g/mol. The third-order valence-electron chi connectivity index (χ3n) is 8.58. The summed E-state index contributed by atoms with van der Waals surface area (Å²) in [5.41, 5.74) is 0.428. The Balaban J connectivity index is 1.51. The van der Waals surface area contributed by atoms with Crippen LogP contribution < -0.4 is 15.5 Å². The Kier molecular flexibility index (Phi) is 4.81. The number of hydrogen-bond acceptors (Lipinski definition) is 4. The minimum absolute atomic E-state index is 0.128. The van der Waals surface area contributed by atoms with Crippen LogP contribution in [0.15, 0.2) is 78.9 Å². The smallest absolute Gasteiger partial charge is 0.320 e. The number of para-hydroxylation sites is 1. The fraction of sp³-hybridized carbons (Fsp3) is 0.276. The lowest BCUT2D eigenvalue weighted by Crippen LogP contribution is -2.69. The highest BCUT2D eigenvalue weighted by Gasteiger charge is 2.81. The molecule has 4 aliphatic heterocycles. The van der Waals surface area contributed by atoms with E-state index in [4.69, 9.17) is 11.6 Å². The molecule has 1 unspecified atom stereocenters. The first-order valence-corrected chi connectivity index (χ1v) is 13.0. The van der Waals surface area contributed by atoms with Crippen molar-refractivity contribution in [3.8, 4) is 0 Å². The number of nitrogens with one attached hydrogen (secondary N) is 2. The van der Waals surface area contributed by atoms with Gasteiger partial charge in [-0.05, 0) is 48.7 Å². The number of carbonyl (C=O) groups excluding carboxylic acids is 3. The summed E-state index contributed by atoms with van der Waals surface area (Å²) < 4.78 is 0. The lowest BCUT2D eigenvalue weighted by molar-refractivity contribution is -0.140. The van der Waals surface area contributed by atoms with Gasteiger partial charge < -0.3 is 10.2 Å². The van der Waals surface area contributed by atoms with Gasteiger partial charge in [-0.25, -0.2) is 4.79 Å². The van der Waals surface area contributed by atoms with Gasteiger partial charge in [-0.2, -0.15) is 0 Å². The molecule has 3 saturated heterocycles. The average Bonchev–Trinajstić information content (AvgIpc) is 3.60. The Morgan fingerprint density at radius 1 is 0.946 bits per heavy atom. The van der Waals surface area contributed by atoms with E-state index in [0.29, 0.717) is 18.1 Å². The fourth-order valence-electron chi connectivity index (χ4n) is 7.43. The van der Waals surface area contributed by atoms with E-state index in [9.17, 15) is 14.4 Å². The van der Waals surface area contributed by atoms with Gasteiger partial charge in [0.25, 0.3) is 11.8 Å². The molecule has 7 rings (SSSR count). The molecule has 0 aliphatic carbocycles. The molecule has 2 spiro atoms. The predicted molar refractivity (Wildman–Crippen MR) is 139 cm³/mol. The van der Waals surface area contributed by atoms with E-state index in [1.165, 1.54) is 0 Å². The molecule has 0 bridgehead atoms. The Hall–Kier alpha value is -3.68. The van der Waals surface area contributed by atoms with Crippen molar-refractivity contribution in [1.29, 1.82) is 0 Å². The zero-order valence-electron chi connectivity index (χ0n) is 20.0. The van der Waals surface area contributed by atoms with Gasteiger partial charge in [0, 0.05) is 28.2 Å². The molecule has 3 fully saturated rings. The molecule has 2 N–H and O–H groups in total. The SMILES string of the molecule is O=C1NC(=O)[C@@]2(N1)C(c1cccc(Cl)c1)[C@H]1CCCN1[C@]21C(=O)N(Cc2ccccc2)c2ccccc21. The van der Waals surface area contributed by atoms with Crippen LogP contribution in [0.1, 0.15) is 35.4 Å². The maximum absolute atomic E-state index is 14.9. The second kappa shape index (κ2) is 7.91. The van der Waals surface area contributed by atoms with Gasteiger partial charge in [-0.3, -0.25) is 19.8 Å². The van der Waals surface area contributed by atoms with E-state index >= 15 is 0 Å². The van der Waals surface area contributed by atoms with E-state index in [1.807, 2.05) is 72.8 Å². The predicted octanol–water partition coefficient (Wildman–Crippen LogP) is 3.92. The van der Waals surface area contributed by atoms with Gasteiger partial charge in [0.1, 0.15) is 0 Å². The normalized spacial score (nSPS) is 30.2. The largest absolute Gasteiger partial charge is 0.322 e. The maximum Gasteiger partial charge on any atom is 0.322 e. The summed E-state index contributed by atoms with van der Waals surface area (Å²) >= 11 is 6.42. The number of rotatable bonds is 3. The average molecular weight is 513 g/mol. The minimum atomic E-state index is -1.53. The van der Waals surface area contributed by atoms with Gasteiger partial charge in [-0.1, -0.05) is 72.3 Å². The van der Waals surface area contributed by atoms with Crippen molar-refractivity contribution in [3.63, 3.8) is 0 Å². The van der Waals surface area contributed by atoms with Crippen molar-refractivity contribution in [1.82, 2.24) is 15.5 Å². The van der Waals surface area contributed by atoms with Gasteiger partial charge in [-0.15, -0.1) is 0 Å². The van der Waals surface area contributed by atoms with Crippen molar-refractivity contribution in [3.05, 3.63) is 101 Å². The molecule has 37 heavy (non-hydrogen) atoms. The van der Waals surface area contributed by atoms with E-state index in [-0.39, 0.29) is 11.9 Å². The van der Waals surface area contributed by atoms with Crippen molar-refractivity contribution in [2.45, 2.75) is 42.4 Å². The first kappa shape index (κ1) is 22.5. The number of hydrogen-bond donors (Lipinski definition) is 2. The Bertz CT molecular complexity index is 1460. The van der Waals surface area contributed by atoms with Crippen molar-refractivity contribution < 1.29 is 14.4 Å². The molecular weight excluding hydrogens is 488 g/mol. The number of halogens is 1. The number of carbonyl (C=O) groups is 3. The molecule has 4 atom stereocenters. The van der Waals surface area contributed by atoms with E-state index in [1.54, 1.807) is 11.0 Å². The molecule has 0 aromatic heterocycles. The minimum Gasteiger partial charge on any atom is -0.320 e. The molecule has 4 amide bonds. The second-order valence-corrected chi connectivity index (χ2v) is 10.7. The van der Waals surface area contributed by atoms with Crippen molar-refractivity contribution in [2.75, 3.05) is 11.4 Å². The third-order valence-corrected chi connectivity index (χ3v) is 8.81. The number of imide groups is 1. The number of benzene rings is 3. The lowest BCUT2D eigenvalue weighted by atomic mass is 9.65. The van der Waals surface area contributed by atoms with Crippen LogP contribution in [-0.2, 0) is 21.7 Å². The zero-order chi connectivity index (χ0) is 25.4. The van der Waals surface area contributed by atoms with Crippen LogP contribution in [0.3, 0.4) is 0 Å². The molecule has 186 valence electrons. The highest BCUT2D eigenvalue weighted by molar-refractivity contribution is 6.30. The second-order valence-electron chi connectivity index (χ2n) is 10.3. The molecular formula is C29H25ClN4O3. The van der Waals surface area contributed by atoms with Crippen LogP contribution in [0.2, 0.25) is 5.02 Å². The number of urea groups is 1. The lowest BCUT2D eigenvalue weighted by Gasteiger charge is -2.43. The van der Waals surface area contributed by atoms with Crippen LogP contribution in [0.4, 0.5) is 10.5 Å². The van der Waals surface area contributed by atoms with Crippen LogP contribution >= 0.6 is 11.6 Å². The van der Waals surface area contributed by atoms with E-state index < -0.39 is 28.9 Å². The summed E-state index contributed by atoms with van der Waals surface area (Å²) in [6, 6.07) is 24.2. The summed E-state index contributed by atoms with van der Waals surface area (Å²) in [6.45, 7) is 1.01. The van der Waals surface area contributed by atoms with Crippen LogP contribution in [-0.4, -0.2) is 40.9 Å². The topological polar surface area (TPSA) is 81.8 Å². The Labute approximate surface area is 219 Å². The molecule has 0 radical (unpaired) electrons. The van der Waals surface area contributed by atoms with Crippen molar-refractivity contribution in [2.24, 2.45) is 0 Å². The maximum atomic E-state index is 14.9. The Morgan fingerprint density at radius 3 is 2.49 bits per heavy atom. The van der Waals surface area contributed by atoms with Gasteiger partial charge in [0.05, 0.1) is 6.54 Å². The third kappa shape index (κ3) is 2.78. The standard InChI is InChI=1S/C29H25ClN4O3/c30-20-11-6-10-19(16-20)24-23-14-7-15-34(23)29(28(24)25(35)31-27(37)32-28)21-12-4-5-13-22(21)33(26(29)36)17-18-8-2-1-3-9-18/h1-6,8-13,16,23-24H,7,14-15,17H2,(H2,31,32,35,37)/t23-,24?,28+,29-/m1/s1. The van der Waals surface area contributed by atoms with Crippen LogP contribution in [0.25, 0.3) is 0 Å². The highest BCUT2D eigenvalue weighted by atomic mass is 35.5. The first-order valence-electron chi connectivity index (χ1n) is 12.6. The molecule has 0 saturated carbocycles. The summed E-state index contributed by atoms with van der Waals surface area (Å²) in [6.07, 6.45) is 1.70. The number of amides is 4. The van der Waals surface area contributed by atoms with Gasteiger partial charge in [0.15, 0.2) is 11.1 Å². The highest BCUT2D eigenvalue weighted by Crippen LogP contribution is 2.64. The van der Waals surface area contributed by atoms with E-state index in [0.717, 1.165) is 35.2 Å². The molecule has 3 aromatic carbocycles. The van der Waals surface area contributed by atoms with Crippen LogP contribution in [0, 0.1) is 0 Å². The van der Waals surface area contributed by atoms with E-state index in [2.05, 4.69) is 15.5 Å². The molecule has 3 aromatic rings. The summed E-state index contributed by atoms with van der Waals surface area (Å²) in [5.74, 6) is -1.12. The quantitative estimate of drug-likeness (QED) is 0.521. The summed E-state index contributed by atoms with van der Waals surface area (Å²) in [4.78, 5) is 45.8. The summed E-state index contributed by atoms with van der Waals surface area (Å²) in [7, 11) is 0. The zero-order valence-corrected chi connectivity index (χ0v) is 20.7.